The molecule has 0 saturated heterocycles. The Kier molecular flexibility index (Phi) is 3.33. The molecule has 22 heavy (non-hydrogen) atoms. The first-order valence-electron chi connectivity index (χ1n) is 7.05. The number of hydrogen-bond acceptors (Lipinski definition) is 5. The SMILES string of the molecule is CCOc1cc(N)c(NC)c2c1C(=O)c1ccccc1C2=O. The van der Waals surface area contributed by atoms with Crippen LogP contribution in [0.4, 0.5) is 11.4 Å². The number of nitrogens with two attached hydrogens (primary N) is 1. The van der Waals surface area contributed by atoms with Crippen LogP contribution in [0, 0.1) is 0 Å². The summed E-state index contributed by atoms with van der Waals surface area (Å²) in [5.74, 6) is -0.0881. The summed E-state index contributed by atoms with van der Waals surface area (Å²) in [5, 5.41) is 2.92. The van der Waals surface area contributed by atoms with Crippen molar-refractivity contribution in [1.82, 2.24) is 0 Å². The van der Waals surface area contributed by atoms with Crippen molar-refractivity contribution in [3.63, 3.8) is 0 Å². The van der Waals surface area contributed by atoms with Crippen LogP contribution in [0.2, 0.25) is 0 Å². The highest BCUT2D eigenvalue weighted by Gasteiger charge is 2.35. The molecule has 2 aromatic rings. The zero-order valence-corrected chi connectivity index (χ0v) is 12.4. The normalized spacial score (nSPS) is 12.6. The van der Waals surface area contributed by atoms with E-state index in [-0.39, 0.29) is 22.7 Å². The van der Waals surface area contributed by atoms with Gasteiger partial charge >= 0.3 is 0 Å². The highest BCUT2D eigenvalue weighted by atomic mass is 16.5. The molecule has 5 heteroatoms. The predicted molar refractivity (Wildman–Crippen MR) is 84.9 cm³/mol. The summed E-state index contributed by atoms with van der Waals surface area (Å²) >= 11 is 0. The molecule has 0 radical (unpaired) electrons. The minimum Gasteiger partial charge on any atom is -0.493 e. The van der Waals surface area contributed by atoms with Crippen LogP contribution in [-0.2, 0) is 0 Å². The van der Waals surface area contributed by atoms with Crippen LogP contribution in [0.3, 0.4) is 0 Å². The number of fused-ring (bicyclic) bond motifs is 2. The maximum atomic E-state index is 12.8. The van der Waals surface area contributed by atoms with E-state index in [1.165, 1.54) is 0 Å². The Morgan fingerprint density at radius 3 is 2.23 bits per heavy atom. The molecule has 3 rings (SSSR count). The monoisotopic (exact) mass is 296 g/mol. The number of anilines is 2. The highest BCUT2D eigenvalue weighted by Crippen LogP contribution is 2.40. The molecule has 0 saturated carbocycles. The molecule has 3 N–H and O–H groups in total. The Balaban J connectivity index is 2.37. The Morgan fingerprint density at radius 1 is 1.09 bits per heavy atom. The second-order valence-electron chi connectivity index (χ2n) is 4.98. The van der Waals surface area contributed by atoms with Crippen molar-refractivity contribution < 1.29 is 14.3 Å². The zero-order valence-electron chi connectivity index (χ0n) is 12.4. The highest BCUT2D eigenvalue weighted by molar-refractivity contribution is 6.31. The van der Waals surface area contributed by atoms with Crippen molar-refractivity contribution in [2.75, 3.05) is 24.7 Å². The molecule has 0 bridgehead atoms. The summed E-state index contributed by atoms with van der Waals surface area (Å²) in [6, 6.07) is 8.38. The second kappa shape index (κ2) is 5.18. The van der Waals surface area contributed by atoms with E-state index in [0.29, 0.717) is 34.9 Å². The minimum atomic E-state index is -0.220. The molecule has 0 fully saturated rings. The van der Waals surface area contributed by atoms with E-state index in [4.69, 9.17) is 10.5 Å². The van der Waals surface area contributed by atoms with E-state index in [1.807, 2.05) is 6.92 Å². The molecule has 0 unspecified atom stereocenters. The molecule has 0 aliphatic heterocycles. The summed E-state index contributed by atoms with van der Waals surface area (Å²) in [5.41, 5.74) is 8.21. The van der Waals surface area contributed by atoms with Crippen LogP contribution in [0.1, 0.15) is 38.8 Å². The number of ether oxygens (including phenoxy) is 1. The summed E-state index contributed by atoms with van der Waals surface area (Å²) in [6.45, 7) is 2.20. The number of ketones is 2. The molecule has 0 spiro atoms. The third-order valence-electron chi connectivity index (χ3n) is 3.74. The fraction of sp³-hybridized carbons (Fsp3) is 0.176. The largest absolute Gasteiger partial charge is 0.493 e. The van der Waals surface area contributed by atoms with Gasteiger partial charge in [-0.3, -0.25) is 9.59 Å². The lowest BCUT2D eigenvalue weighted by molar-refractivity contribution is 0.0976. The Labute approximate surface area is 128 Å². The van der Waals surface area contributed by atoms with E-state index in [9.17, 15) is 9.59 Å². The number of benzene rings is 2. The quantitative estimate of drug-likeness (QED) is 0.726. The number of rotatable bonds is 3. The van der Waals surface area contributed by atoms with Gasteiger partial charge in [-0.1, -0.05) is 24.3 Å². The molecule has 0 amide bonds. The van der Waals surface area contributed by atoms with Crippen molar-refractivity contribution in [2.24, 2.45) is 0 Å². The van der Waals surface area contributed by atoms with Crippen LogP contribution in [-0.4, -0.2) is 25.2 Å². The van der Waals surface area contributed by atoms with Gasteiger partial charge in [0.2, 0.25) is 0 Å². The molecule has 1 aliphatic rings. The number of nitrogens with one attached hydrogen (secondary N) is 1. The van der Waals surface area contributed by atoms with Crippen molar-refractivity contribution in [2.45, 2.75) is 6.92 Å². The van der Waals surface area contributed by atoms with E-state index in [2.05, 4.69) is 5.32 Å². The number of nitrogen functional groups attached to an aromatic ring is 1. The molecule has 2 aromatic carbocycles. The van der Waals surface area contributed by atoms with E-state index < -0.39 is 0 Å². The van der Waals surface area contributed by atoms with Crippen molar-refractivity contribution in [3.8, 4) is 5.75 Å². The first-order chi connectivity index (χ1) is 10.6. The van der Waals surface area contributed by atoms with Crippen LogP contribution < -0.4 is 15.8 Å². The average Bonchev–Trinajstić information content (AvgIpc) is 2.52. The number of carbonyl (C=O) groups is 2. The molecule has 0 heterocycles. The molecule has 0 atom stereocenters. The van der Waals surface area contributed by atoms with E-state index >= 15 is 0 Å². The summed E-state index contributed by atoms with van der Waals surface area (Å²) < 4.78 is 5.54. The summed E-state index contributed by atoms with van der Waals surface area (Å²) in [4.78, 5) is 25.7. The molecular weight excluding hydrogens is 280 g/mol. The van der Waals surface area contributed by atoms with Gasteiger partial charge in [-0.05, 0) is 6.92 Å². The number of carbonyl (C=O) groups excluding carboxylic acids is 2. The fourth-order valence-corrected chi connectivity index (χ4v) is 2.82. The van der Waals surface area contributed by atoms with Crippen molar-refractivity contribution in [3.05, 3.63) is 52.6 Å². The first-order valence-corrected chi connectivity index (χ1v) is 7.05. The fourth-order valence-electron chi connectivity index (χ4n) is 2.82. The average molecular weight is 296 g/mol. The van der Waals surface area contributed by atoms with Crippen LogP contribution in [0.5, 0.6) is 5.75 Å². The zero-order chi connectivity index (χ0) is 15.9. The summed E-state index contributed by atoms with van der Waals surface area (Å²) in [7, 11) is 1.67. The topological polar surface area (TPSA) is 81.4 Å². The van der Waals surface area contributed by atoms with Gasteiger partial charge in [0, 0.05) is 24.2 Å². The van der Waals surface area contributed by atoms with Gasteiger partial charge in [-0.2, -0.15) is 0 Å². The van der Waals surface area contributed by atoms with E-state index in [1.54, 1.807) is 37.4 Å². The standard InChI is InChI=1S/C17H16N2O3/c1-3-22-12-8-11(18)15(19-2)14-13(12)16(20)9-6-4-5-7-10(9)17(14)21/h4-8,19H,3,18H2,1-2H3. The van der Waals surface area contributed by atoms with Gasteiger partial charge in [0.15, 0.2) is 11.6 Å². The lowest BCUT2D eigenvalue weighted by Crippen LogP contribution is -2.24. The summed E-state index contributed by atoms with van der Waals surface area (Å²) in [6.07, 6.45) is 0. The lowest BCUT2D eigenvalue weighted by atomic mass is 9.82. The van der Waals surface area contributed by atoms with Gasteiger partial charge < -0.3 is 15.8 Å². The maximum Gasteiger partial charge on any atom is 0.198 e. The third kappa shape index (κ3) is 1.86. The molecule has 5 nitrogen and oxygen atoms in total. The first kappa shape index (κ1) is 14.1. The lowest BCUT2D eigenvalue weighted by Gasteiger charge is -2.23. The maximum absolute atomic E-state index is 12.8. The molecule has 1 aliphatic carbocycles. The third-order valence-corrected chi connectivity index (χ3v) is 3.74. The van der Waals surface area contributed by atoms with Gasteiger partial charge in [0.05, 0.1) is 29.1 Å². The Morgan fingerprint density at radius 2 is 1.68 bits per heavy atom. The molecule has 0 aromatic heterocycles. The van der Waals surface area contributed by atoms with E-state index in [0.717, 1.165) is 0 Å². The number of hydrogen-bond donors (Lipinski definition) is 2. The predicted octanol–water partition coefficient (Wildman–Crippen LogP) is 2.48. The van der Waals surface area contributed by atoms with Crippen molar-refractivity contribution in [1.29, 1.82) is 0 Å². The minimum absolute atomic E-state index is 0.217. The molecule has 112 valence electrons. The van der Waals surface area contributed by atoms with Gasteiger partial charge in [0.1, 0.15) is 5.75 Å². The molecular formula is C17H16N2O3. The van der Waals surface area contributed by atoms with Gasteiger partial charge in [-0.15, -0.1) is 0 Å². The Hall–Kier alpha value is -2.82. The van der Waals surface area contributed by atoms with Gasteiger partial charge in [-0.25, -0.2) is 0 Å². The second-order valence-corrected chi connectivity index (χ2v) is 4.98. The van der Waals surface area contributed by atoms with Crippen molar-refractivity contribution >= 4 is 22.9 Å². The smallest absolute Gasteiger partial charge is 0.198 e. The Bertz CT molecular complexity index is 797. The van der Waals surface area contributed by atoms with Crippen LogP contribution in [0.15, 0.2) is 30.3 Å². The van der Waals surface area contributed by atoms with Crippen LogP contribution in [0.25, 0.3) is 0 Å². The van der Waals surface area contributed by atoms with Crippen LogP contribution >= 0.6 is 0 Å². The van der Waals surface area contributed by atoms with Gasteiger partial charge in [0.25, 0.3) is 0 Å².